The fraction of sp³-hybridized carbons (Fsp3) is 0.632. The molecule has 0 aliphatic carbocycles. The highest BCUT2D eigenvalue weighted by molar-refractivity contribution is 7.90. The molecule has 0 radical (unpaired) electrons. The van der Waals surface area contributed by atoms with Crippen molar-refractivity contribution in [3.63, 3.8) is 0 Å². The van der Waals surface area contributed by atoms with Gasteiger partial charge in [0, 0.05) is 37.9 Å². The van der Waals surface area contributed by atoms with Gasteiger partial charge in [-0.25, -0.2) is 12.7 Å². The first kappa shape index (κ1) is 25.5. The van der Waals surface area contributed by atoms with E-state index in [1.807, 2.05) is 0 Å². The second-order valence-electron chi connectivity index (χ2n) is 7.59. The molecule has 31 heavy (non-hydrogen) atoms. The molecule has 2 unspecified atom stereocenters. The summed E-state index contributed by atoms with van der Waals surface area (Å²) in [6.45, 7) is 6.07. The van der Waals surface area contributed by atoms with Crippen molar-refractivity contribution in [2.45, 2.75) is 32.7 Å². The van der Waals surface area contributed by atoms with Crippen molar-refractivity contribution in [2.24, 2.45) is 0 Å². The molecule has 1 aliphatic heterocycles. The molecule has 0 aromatic heterocycles. The van der Waals surface area contributed by atoms with E-state index in [-0.39, 0.29) is 23.0 Å². The molecule has 1 N–H and O–H groups in total. The van der Waals surface area contributed by atoms with Crippen molar-refractivity contribution >= 4 is 32.9 Å². The van der Waals surface area contributed by atoms with Crippen molar-refractivity contribution in [1.29, 1.82) is 0 Å². The van der Waals surface area contributed by atoms with Gasteiger partial charge in [0.25, 0.3) is 5.91 Å². The molecule has 1 saturated heterocycles. The Kier molecular flexibility index (Phi) is 8.83. The molecule has 2 atom stereocenters. The highest BCUT2D eigenvalue weighted by Gasteiger charge is 2.26. The predicted octanol–water partition coefficient (Wildman–Crippen LogP) is 0.667. The maximum Gasteiger partial charge on any atom is 0.255 e. The molecule has 1 fully saturated rings. The van der Waals surface area contributed by atoms with Crippen LogP contribution in [0.4, 0.5) is 5.69 Å². The molecule has 10 nitrogen and oxygen atoms in total. The maximum atomic E-state index is 12.9. The number of carbonyl (C=O) groups excluding carboxylic acids is 1. The maximum absolute atomic E-state index is 12.9. The quantitative estimate of drug-likeness (QED) is 0.494. The number of hydrogen-bond donors (Lipinski definition) is 1. The van der Waals surface area contributed by atoms with E-state index >= 15 is 0 Å². The molecule has 0 saturated carbocycles. The summed E-state index contributed by atoms with van der Waals surface area (Å²) in [5.41, 5.74) is 0.696. The van der Waals surface area contributed by atoms with E-state index in [4.69, 9.17) is 4.74 Å². The third kappa shape index (κ3) is 6.16. The number of likely N-dealkylation sites (tertiary alicyclic amines) is 1. The van der Waals surface area contributed by atoms with Gasteiger partial charge in [-0.1, -0.05) is 6.92 Å². The van der Waals surface area contributed by atoms with Crippen LogP contribution in [0.15, 0.2) is 12.1 Å². The summed E-state index contributed by atoms with van der Waals surface area (Å²) in [5.74, 6) is -0.907. The average molecular weight is 476 g/mol. The Morgan fingerprint density at radius 3 is 2.61 bits per heavy atom. The van der Waals surface area contributed by atoms with Gasteiger partial charge in [0.05, 0.1) is 18.4 Å². The Hall–Kier alpha value is -1.73. The molecule has 0 bridgehead atoms. The van der Waals surface area contributed by atoms with Gasteiger partial charge in [0.1, 0.15) is 11.6 Å². The van der Waals surface area contributed by atoms with Gasteiger partial charge in [-0.15, -0.1) is 0 Å². The van der Waals surface area contributed by atoms with Crippen LogP contribution in [-0.2, 0) is 21.3 Å². The Morgan fingerprint density at radius 1 is 1.39 bits per heavy atom. The van der Waals surface area contributed by atoms with Gasteiger partial charge in [0.2, 0.25) is 10.0 Å². The minimum absolute atomic E-state index is 0.0979. The lowest BCUT2D eigenvalue weighted by atomic mass is 10.1. The van der Waals surface area contributed by atoms with E-state index < -0.39 is 33.1 Å². The first-order chi connectivity index (χ1) is 14.5. The number of ether oxygens (including phenoxy) is 1. The van der Waals surface area contributed by atoms with Crippen LogP contribution in [-0.4, -0.2) is 85.0 Å². The van der Waals surface area contributed by atoms with Crippen LogP contribution in [0.3, 0.4) is 0 Å². The predicted molar refractivity (Wildman–Crippen MR) is 119 cm³/mol. The lowest BCUT2D eigenvalue weighted by Gasteiger charge is -2.29. The Bertz CT molecular complexity index is 922. The normalized spacial score (nSPS) is 18.2. The number of hydrogen-bond acceptors (Lipinski definition) is 7. The van der Waals surface area contributed by atoms with E-state index in [1.54, 1.807) is 6.92 Å². The van der Waals surface area contributed by atoms with Crippen LogP contribution >= 0.6 is 0 Å². The number of likely N-dealkylation sites (N-methyl/N-ethyl adjacent to an activating group) is 1. The summed E-state index contributed by atoms with van der Waals surface area (Å²) >= 11 is -2.87. The first-order valence-corrected chi connectivity index (χ1v) is 12.6. The lowest BCUT2D eigenvalue weighted by Crippen LogP contribution is -2.40. The minimum Gasteiger partial charge on any atom is -0.755 e. The summed E-state index contributed by atoms with van der Waals surface area (Å²) in [7, 11) is 0.206. The number of nitrogens with one attached hydrogen (secondary N) is 1. The summed E-state index contributed by atoms with van der Waals surface area (Å²) < 4.78 is 55.3. The van der Waals surface area contributed by atoms with Gasteiger partial charge >= 0.3 is 0 Å². The zero-order valence-electron chi connectivity index (χ0n) is 18.6. The molecule has 12 heteroatoms. The van der Waals surface area contributed by atoms with Crippen LogP contribution in [0.25, 0.3) is 0 Å². The summed E-state index contributed by atoms with van der Waals surface area (Å²) in [5, 5.41) is 2.90. The van der Waals surface area contributed by atoms with Crippen molar-refractivity contribution in [3.8, 4) is 5.75 Å². The second-order valence-corrected chi connectivity index (χ2v) is 10.6. The average Bonchev–Trinajstić information content (AvgIpc) is 3.17. The van der Waals surface area contributed by atoms with Crippen LogP contribution in [0, 0.1) is 6.92 Å². The molecule has 1 heterocycles. The Labute approximate surface area is 187 Å². The highest BCUT2D eigenvalue weighted by atomic mass is 32.2. The second kappa shape index (κ2) is 10.7. The molecule has 0 spiro atoms. The molecular formula is C19H31N4O6S2-. The largest absolute Gasteiger partial charge is 0.755 e. The third-order valence-corrected chi connectivity index (χ3v) is 8.00. The van der Waals surface area contributed by atoms with Gasteiger partial charge in [-0.2, -0.15) is 0 Å². The van der Waals surface area contributed by atoms with Crippen molar-refractivity contribution < 1.29 is 26.7 Å². The molecule has 176 valence electrons. The molecule has 1 amide bonds. The Morgan fingerprint density at radius 2 is 2.06 bits per heavy atom. The number of benzene rings is 1. The molecule has 1 aromatic rings. The topological polar surface area (TPSA) is 122 Å². The minimum atomic E-state index is -3.86. The lowest BCUT2D eigenvalue weighted by molar-refractivity contribution is 0.0938. The fourth-order valence-electron chi connectivity index (χ4n) is 3.59. The summed E-state index contributed by atoms with van der Waals surface area (Å²) in [6.07, 6.45) is 2.08. The Balaban J connectivity index is 2.34. The highest BCUT2D eigenvalue weighted by Crippen LogP contribution is 2.30. The van der Waals surface area contributed by atoms with E-state index in [2.05, 4.69) is 17.1 Å². The first-order valence-electron chi connectivity index (χ1n) is 9.99. The number of amides is 1. The number of rotatable bonds is 10. The van der Waals surface area contributed by atoms with Crippen LogP contribution < -0.4 is 14.4 Å². The number of sulfonamides is 1. The summed E-state index contributed by atoms with van der Waals surface area (Å²) in [6, 6.07) is 3.14. The van der Waals surface area contributed by atoms with Crippen molar-refractivity contribution in [2.75, 3.05) is 51.0 Å². The number of nitrogens with zero attached hydrogens (tertiary/aromatic N) is 3. The number of methoxy groups -OCH3 is 1. The van der Waals surface area contributed by atoms with Crippen molar-refractivity contribution in [1.82, 2.24) is 14.5 Å². The summed E-state index contributed by atoms with van der Waals surface area (Å²) in [4.78, 5) is 15.2. The van der Waals surface area contributed by atoms with Crippen LogP contribution in [0.1, 0.15) is 35.7 Å². The third-order valence-electron chi connectivity index (χ3n) is 5.45. The van der Waals surface area contributed by atoms with Crippen molar-refractivity contribution in [3.05, 3.63) is 23.3 Å². The zero-order chi connectivity index (χ0) is 23.3. The molecule has 1 aromatic carbocycles. The molecular weight excluding hydrogens is 444 g/mol. The standard InChI is InChI=1S/C19H32N4O6S2/c1-6-22-9-7-8-15(22)12-20-19(24)16-11-17(14(2)10-18(16)29-5)23(30(25)26)13-31(27,28)21(3)4/h10-11,15H,6-9,12-13H2,1-5H3,(H,20,24)(H,25,26)/p-1. The zero-order valence-corrected chi connectivity index (χ0v) is 20.2. The van der Waals surface area contributed by atoms with E-state index in [1.165, 1.54) is 33.3 Å². The molecule has 1 aliphatic rings. The number of anilines is 1. The fourth-order valence-corrected chi connectivity index (χ4v) is 5.36. The smallest absolute Gasteiger partial charge is 0.255 e. The number of aryl methyl sites for hydroxylation is 1. The SMILES string of the molecule is CCN1CCCC1CNC(=O)c1cc(N(CS(=O)(=O)N(C)C)S(=O)[O-])c(C)cc1OC. The van der Waals surface area contributed by atoms with Crippen LogP contribution in [0.2, 0.25) is 0 Å². The van der Waals surface area contributed by atoms with E-state index in [9.17, 15) is 22.0 Å². The van der Waals surface area contributed by atoms with E-state index in [0.29, 0.717) is 12.1 Å². The molecule has 2 rings (SSSR count). The number of carbonyl (C=O) groups is 1. The van der Waals surface area contributed by atoms with Gasteiger partial charge in [-0.05, 0) is 50.6 Å². The van der Waals surface area contributed by atoms with Gasteiger partial charge < -0.3 is 14.6 Å². The monoisotopic (exact) mass is 475 g/mol. The van der Waals surface area contributed by atoms with Gasteiger partial charge in [0.15, 0.2) is 0 Å². The van der Waals surface area contributed by atoms with Gasteiger partial charge in [-0.3, -0.25) is 18.2 Å². The van der Waals surface area contributed by atoms with E-state index in [0.717, 1.165) is 34.5 Å². The van der Waals surface area contributed by atoms with Crippen LogP contribution in [0.5, 0.6) is 5.75 Å².